The van der Waals surface area contributed by atoms with Gasteiger partial charge in [-0.05, 0) is 31.0 Å². The van der Waals surface area contributed by atoms with Gasteiger partial charge in [0, 0.05) is 36.9 Å². The molecule has 0 radical (unpaired) electrons. The Labute approximate surface area is 151 Å². The summed E-state index contributed by atoms with van der Waals surface area (Å²) in [5.74, 6) is -2.21. The Bertz CT molecular complexity index is 689. The van der Waals surface area contributed by atoms with Crippen molar-refractivity contribution in [1.29, 1.82) is 0 Å². The predicted octanol–water partition coefficient (Wildman–Crippen LogP) is 1.87. The Kier molecular flexibility index (Phi) is 4.33. The molecule has 3 aliphatic rings. The van der Waals surface area contributed by atoms with Crippen LogP contribution in [0.1, 0.15) is 12.8 Å². The predicted molar refractivity (Wildman–Crippen MR) is 92.8 cm³/mol. The number of hydrogen-bond donors (Lipinski definition) is 1. The number of ether oxygens (including phenoxy) is 1. The standard InChI is InChI=1S/C18H21ClN2O4/c19-11-2-1-3-12(10-11)20-6-8-21(9-7-20)17(22)15-13-4-5-14(25-13)16(15)18(23)24/h1-3,10,13-16H,4-9H2,(H,23,24)/t13-,14-,15+,16-/m0/s1. The lowest BCUT2D eigenvalue weighted by Crippen LogP contribution is -2.53. The number of hydrogen-bond acceptors (Lipinski definition) is 4. The van der Waals surface area contributed by atoms with E-state index in [2.05, 4.69) is 4.90 Å². The summed E-state index contributed by atoms with van der Waals surface area (Å²) in [6.07, 6.45) is 0.996. The number of nitrogens with zero attached hydrogens (tertiary/aromatic N) is 2. The van der Waals surface area contributed by atoms with Gasteiger partial charge in [-0.15, -0.1) is 0 Å². The molecule has 1 aromatic rings. The number of rotatable bonds is 3. The summed E-state index contributed by atoms with van der Waals surface area (Å²) in [6.45, 7) is 2.61. The normalized spacial score (nSPS) is 31.4. The highest BCUT2D eigenvalue weighted by atomic mass is 35.5. The van der Waals surface area contributed by atoms with Crippen molar-refractivity contribution in [2.75, 3.05) is 31.1 Å². The van der Waals surface area contributed by atoms with Crippen molar-refractivity contribution in [2.24, 2.45) is 11.8 Å². The van der Waals surface area contributed by atoms with Crippen molar-refractivity contribution in [2.45, 2.75) is 25.0 Å². The Morgan fingerprint density at radius 3 is 2.40 bits per heavy atom. The van der Waals surface area contributed by atoms with E-state index in [1.54, 1.807) is 4.90 Å². The Morgan fingerprint density at radius 2 is 1.76 bits per heavy atom. The van der Waals surface area contributed by atoms with Crippen LogP contribution in [0, 0.1) is 11.8 Å². The van der Waals surface area contributed by atoms with E-state index < -0.39 is 17.8 Å². The number of halogens is 1. The number of carbonyl (C=O) groups excluding carboxylic acids is 1. The van der Waals surface area contributed by atoms with E-state index in [0.717, 1.165) is 18.5 Å². The fraction of sp³-hybridized carbons (Fsp3) is 0.556. The van der Waals surface area contributed by atoms with Gasteiger partial charge in [-0.2, -0.15) is 0 Å². The summed E-state index contributed by atoms with van der Waals surface area (Å²) in [4.78, 5) is 28.5. The Hall–Kier alpha value is -1.79. The molecule has 0 aliphatic carbocycles. The van der Waals surface area contributed by atoms with Crippen LogP contribution in [0.4, 0.5) is 5.69 Å². The summed E-state index contributed by atoms with van der Waals surface area (Å²) >= 11 is 6.05. The van der Waals surface area contributed by atoms with Crippen molar-refractivity contribution in [3.63, 3.8) is 0 Å². The largest absolute Gasteiger partial charge is 0.481 e. The van der Waals surface area contributed by atoms with Crippen LogP contribution in [0.3, 0.4) is 0 Å². The number of benzene rings is 1. The highest BCUT2D eigenvalue weighted by Gasteiger charge is 2.56. The lowest BCUT2D eigenvalue weighted by molar-refractivity contribution is -0.151. The van der Waals surface area contributed by atoms with E-state index in [4.69, 9.17) is 16.3 Å². The SMILES string of the molecule is O=C(O)[C@@H]1[C@H](C(=O)N2CCN(c3cccc(Cl)c3)CC2)[C@@H]2CC[C@@H]1O2. The minimum absolute atomic E-state index is 0.0645. The van der Waals surface area contributed by atoms with Crippen LogP contribution in [0.2, 0.25) is 5.02 Å². The summed E-state index contributed by atoms with van der Waals surface area (Å²) < 4.78 is 5.72. The maximum Gasteiger partial charge on any atom is 0.310 e. The number of carboxylic acids is 1. The van der Waals surface area contributed by atoms with Crippen LogP contribution in [-0.4, -0.2) is 60.3 Å². The highest BCUT2D eigenvalue weighted by molar-refractivity contribution is 6.30. The van der Waals surface area contributed by atoms with Crippen molar-refractivity contribution in [3.8, 4) is 0 Å². The summed E-state index contributed by atoms with van der Waals surface area (Å²) in [5, 5.41) is 10.2. The molecular weight excluding hydrogens is 344 g/mol. The van der Waals surface area contributed by atoms with Crippen LogP contribution in [0.15, 0.2) is 24.3 Å². The lowest BCUT2D eigenvalue weighted by atomic mass is 9.78. The minimum atomic E-state index is -0.914. The van der Waals surface area contributed by atoms with Gasteiger partial charge >= 0.3 is 5.97 Å². The molecule has 0 spiro atoms. The zero-order valence-corrected chi connectivity index (χ0v) is 14.6. The summed E-state index contributed by atoms with van der Waals surface area (Å²) in [6, 6.07) is 7.68. The van der Waals surface area contributed by atoms with E-state index >= 15 is 0 Å². The molecule has 3 aliphatic heterocycles. The van der Waals surface area contributed by atoms with Crippen LogP contribution in [0.5, 0.6) is 0 Å². The van der Waals surface area contributed by atoms with Crippen molar-refractivity contribution in [1.82, 2.24) is 4.90 Å². The van der Waals surface area contributed by atoms with Crippen LogP contribution in [0.25, 0.3) is 0 Å². The first-order valence-corrected chi connectivity index (χ1v) is 9.10. The molecule has 3 heterocycles. The molecule has 0 aromatic heterocycles. The van der Waals surface area contributed by atoms with Gasteiger partial charge in [0.25, 0.3) is 0 Å². The molecule has 1 N–H and O–H groups in total. The third-order valence-electron chi connectivity index (χ3n) is 5.61. The molecule has 6 nitrogen and oxygen atoms in total. The van der Waals surface area contributed by atoms with E-state index in [0.29, 0.717) is 31.2 Å². The first kappa shape index (κ1) is 16.7. The molecular formula is C18H21ClN2O4. The van der Waals surface area contributed by atoms with Gasteiger partial charge in [0.05, 0.1) is 24.0 Å². The average Bonchev–Trinajstić information content (AvgIpc) is 3.22. The smallest absolute Gasteiger partial charge is 0.310 e. The molecule has 1 aromatic carbocycles. The molecule has 0 saturated carbocycles. The fourth-order valence-electron chi connectivity index (χ4n) is 4.37. The maximum atomic E-state index is 12.9. The second-order valence-electron chi connectivity index (χ2n) is 6.97. The molecule has 25 heavy (non-hydrogen) atoms. The van der Waals surface area contributed by atoms with Crippen LogP contribution >= 0.6 is 11.6 Å². The monoisotopic (exact) mass is 364 g/mol. The topological polar surface area (TPSA) is 70.1 Å². The molecule has 4 rings (SSSR count). The number of piperazine rings is 1. The first-order valence-electron chi connectivity index (χ1n) is 8.72. The van der Waals surface area contributed by atoms with Gasteiger partial charge in [-0.1, -0.05) is 17.7 Å². The first-order chi connectivity index (χ1) is 12.0. The minimum Gasteiger partial charge on any atom is -0.481 e. The number of fused-ring (bicyclic) bond motifs is 2. The molecule has 4 atom stereocenters. The van der Waals surface area contributed by atoms with Gasteiger partial charge in [0.15, 0.2) is 0 Å². The quantitative estimate of drug-likeness (QED) is 0.886. The van der Waals surface area contributed by atoms with Gasteiger partial charge < -0.3 is 19.6 Å². The number of anilines is 1. The molecule has 134 valence electrons. The summed E-state index contributed by atoms with van der Waals surface area (Å²) in [7, 11) is 0. The zero-order chi connectivity index (χ0) is 17.6. The molecule has 3 saturated heterocycles. The summed E-state index contributed by atoms with van der Waals surface area (Å²) in [5.41, 5.74) is 1.05. The Morgan fingerprint density at radius 1 is 1.08 bits per heavy atom. The Balaban J connectivity index is 1.42. The van der Waals surface area contributed by atoms with E-state index in [1.165, 1.54) is 0 Å². The fourth-order valence-corrected chi connectivity index (χ4v) is 4.56. The maximum absolute atomic E-state index is 12.9. The number of aliphatic carboxylic acids is 1. The van der Waals surface area contributed by atoms with E-state index in [1.807, 2.05) is 24.3 Å². The molecule has 0 unspecified atom stereocenters. The second kappa shape index (κ2) is 6.50. The molecule has 2 bridgehead atoms. The van der Waals surface area contributed by atoms with Crippen molar-refractivity contribution in [3.05, 3.63) is 29.3 Å². The lowest BCUT2D eigenvalue weighted by Gasteiger charge is -2.38. The molecule has 1 amide bonds. The van der Waals surface area contributed by atoms with Gasteiger partial charge in [0.1, 0.15) is 0 Å². The third kappa shape index (κ3) is 2.98. The van der Waals surface area contributed by atoms with Crippen molar-refractivity contribution < 1.29 is 19.4 Å². The number of carbonyl (C=O) groups is 2. The molecule has 7 heteroatoms. The third-order valence-corrected chi connectivity index (χ3v) is 5.84. The molecule has 3 fully saturated rings. The number of amides is 1. The zero-order valence-electron chi connectivity index (χ0n) is 13.8. The average molecular weight is 365 g/mol. The van der Waals surface area contributed by atoms with Crippen molar-refractivity contribution >= 4 is 29.2 Å². The van der Waals surface area contributed by atoms with Gasteiger partial charge in [0.2, 0.25) is 5.91 Å². The highest BCUT2D eigenvalue weighted by Crippen LogP contribution is 2.44. The number of carboxylic acid groups (broad SMARTS) is 1. The van der Waals surface area contributed by atoms with E-state index in [9.17, 15) is 14.7 Å². The van der Waals surface area contributed by atoms with Gasteiger partial charge in [-0.3, -0.25) is 9.59 Å². The second-order valence-corrected chi connectivity index (χ2v) is 7.41. The van der Waals surface area contributed by atoms with Crippen LogP contribution in [-0.2, 0) is 14.3 Å². The van der Waals surface area contributed by atoms with Gasteiger partial charge in [-0.25, -0.2) is 0 Å². The van der Waals surface area contributed by atoms with Crippen LogP contribution < -0.4 is 4.90 Å². The van der Waals surface area contributed by atoms with E-state index in [-0.39, 0.29) is 18.1 Å².